The zero-order valence-corrected chi connectivity index (χ0v) is 10.9. The molecule has 1 aliphatic rings. The lowest BCUT2D eigenvalue weighted by Crippen LogP contribution is -2.45. The van der Waals surface area contributed by atoms with E-state index in [0.29, 0.717) is 12.5 Å². The molecule has 0 spiro atoms. The van der Waals surface area contributed by atoms with Crippen LogP contribution < -0.4 is 5.32 Å². The first-order chi connectivity index (χ1) is 8.75. The average Bonchev–Trinajstić information content (AvgIpc) is 2.87. The number of hydrogen-bond donors (Lipinski definition) is 1. The highest BCUT2D eigenvalue weighted by Gasteiger charge is 2.20. The van der Waals surface area contributed by atoms with Gasteiger partial charge in [0.1, 0.15) is 12.7 Å². The largest absolute Gasteiger partial charge is 0.338 e. The maximum absolute atomic E-state index is 11.9. The number of nitrogens with zero attached hydrogens (tertiary/aromatic N) is 4. The van der Waals surface area contributed by atoms with Gasteiger partial charge in [0.25, 0.3) is 0 Å². The highest BCUT2D eigenvalue weighted by atomic mass is 16.2. The van der Waals surface area contributed by atoms with Crippen molar-refractivity contribution in [3.05, 3.63) is 12.7 Å². The topological polar surface area (TPSA) is 63.1 Å². The summed E-state index contributed by atoms with van der Waals surface area (Å²) in [4.78, 5) is 17.7. The molecule has 0 saturated carbocycles. The van der Waals surface area contributed by atoms with Gasteiger partial charge in [0.05, 0.1) is 0 Å². The zero-order valence-electron chi connectivity index (χ0n) is 10.9. The van der Waals surface area contributed by atoms with E-state index >= 15 is 0 Å². The maximum atomic E-state index is 11.9. The lowest BCUT2D eigenvalue weighted by molar-refractivity contribution is 0.169. The SMILES string of the molecule is C[C@@H]1CCCN(C(=O)NCCCn2cncn2)C1. The van der Waals surface area contributed by atoms with Crippen LogP contribution >= 0.6 is 0 Å². The van der Waals surface area contributed by atoms with Gasteiger partial charge in [0.2, 0.25) is 0 Å². The smallest absolute Gasteiger partial charge is 0.317 e. The Hall–Kier alpha value is -1.59. The molecule has 1 saturated heterocycles. The molecule has 2 amide bonds. The zero-order chi connectivity index (χ0) is 12.8. The van der Waals surface area contributed by atoms with E-state index in [9.17, 15) is 4.79 Å². The van der Waals surface area contributed by atoms with E-state index in [1.54, 1.807) is 11.0 Å². The Morgan fingerprint density at radius 3 is 3.17 bits per heavy atom. The molecule has 1 atom stereocenters. The van der Waals surface area contributed by atoms with Gasteiger partial charge >= 0.3 is 6.03 Å². The minimum atomic E-state index is 0.0696. The average molecular weight is 251 g/mol. The van der Waals surface area contributed by atoms with Crippen molar-refractivity contribution in [3.8, 4) is 0 Å². The van der Waals surface area contributed by atoms with Crippen molar-refractivity contribution in [3.63, 3.8) is 0 Å². The van der Waals surface area contributed by atoms with E-state index in [1.165, 1.54) is 12.7 Å². The van der Waals surface area contributed by atoms with Gasteiger partial charge in [0, 0.05) is 26.2 Å². The molecule has 1 fully saturated rings. The van der Waals surface area contributed by atoms with Crippen LogP contribution in [0.2, 0.25) is 0 Å². The number of rotatable bonds is 4. The molecule has 0 bridgehead atoms. The summed E-state index contributed by atoms with van der Waals surface area (Å²) < 4.78 is 1.77. The fraction of sp³-hybridized carbons (Fsp3) is 0.750. The van der Waals surface area contributed by atoms with Gasteiger partial charge in [-0.15, -0.1) is 0 Å². The Bertz CT molecular complexity index is 365. The van der Waals surface area contributed by atoms with Gasteiger partial charge in [-0.2, -0.15) is 5.10 Å². The number of likely N-dealkylation sites (tertiary alicyclic amines) is 1. The molecule has 1 aliphatic heterocycles. The second-order valence-corrected chi connectivity index (χ2v) is 4.94. The number of urea groups is 1. The molecule has 6 nitrogen and oxygen atoms in total. The molecule has 100 valence electrons. The maximum Gasteiger partial charge on any atom is 0.317 e. The third kappa shape index (κ3) is 3.72. The van der Waals surface area contributed by atoms with E-state index < -0.39 is 0 Å². The molecule has 0 aliphatic carbocycles. The molecule has 1 aromatic heterocycles. The predicted octanol–water partition coefficient (Wildman–Crippen LogP) is 1.11. The van der Waals surface area contributed by atoms with E-state index in [1.807, 2.05) is 4.90 Å². The van der Waals surface area contributed by atoms with Crippen LogP contribution in [-0.4, -0.2) is 45.3 Å². The Morgan fingerprint density at radius 2 is 2.44 bits per heavy atom. The second kappa shape index (κ2) is 6.37. The number of carbonyl (C=O) groups excluding carboxylic acids is 1. The highest BCUT2D eigenvalue weighted by molar-refractivity contribution is 5.74. The molecular formula is C12H21N5O. The van der Waals surface area contributed by atoms with E-state index in [2.05, 4.69) is 22.3 Å². The van der Waals surface area contributed by atoms with Crippen LogP contribution in [-0.2, 0) is 6.54 Å². The van der Waals surface area contributed by atoms with Gasteiger partial charge in [-0.3, -0.25) is 4.68 Å². The van der Waals surface area contributed by atoms with Crippen molar-refractivity contribution in [2.45, 2.75) is 32.7 Å². The first kappa shape index (κ1) is 12.9. The number of hydrogen-bond acceptors (Lipinski definition) is 3. The summed E-state index contributed by atoms with van der Waals surface area (Å²) in [7, 11) is 0. The normalized spacial score (nSPS) is 19.8. The summed E-state index contributed by atoms with van der Waals surface area (Å²) in [6.45, 7) is 5.44. The van der Waals surface area contributed by atoms with Crippen LogP contribution in [0.4, 0.5) is 4.79 Å². The fourth-order valence-corrected chi connectivity index (χ4v) is 2.27. The van der Waals surface area contributed by atoms with Crippen molar-refractivity contribution >= 4 is 6.03 Å². The molecular weight excluding hydrogens is 230 g/mol. The molecule has 2 heterocycles. The summed E-state index contributed by atoms with van der Waals surface area (Å²) in [5.41, 5.74) is 0. The molecule has 1 N–H and O–H groups in total. The summed E-state index contributed by atoms with van der Waals surface area (Å²) in [6, 6.07) is 0.0696. The Labute approximate surface area is 107 Å². The fourth-order valence-electron chi connectivity index (χ4n) is 2.27. The Kier molecular flexibility index (Phi) is 4.55. The number of piperidine rings is 1. The second-order valence-electron chi connectivity index (χ2n) is 4.94. The van der Waals surface area contributed by atoms with E-state index in [-0.39, 0.29) is 6.03 Å². The lowest BCUT2D eigenvalue weighted by atomic mass is 10.0. The molecule has 18 heavy (non-hydrogen) atoms. The van der Waals surface area contributed by atoms with Crippen molar-refractivity contribution in [2.75, 3.05) is 19.6 Å². The lowest BCUT2D eigenvalue weighted by Gasteiger charge is -2.30. The van der Waals surface area contributed by atoms with Crippen LogP contribution in [0, 0.1) is 5.92 Å². The number of nitrogens with one attached hydrogen (secondary N) is 1. The monoisotopic (exact) mass is 251 g/mol. The standard InChI is InChI=1S/C12H21N5O/c1-11-4-2-6-16(8-11)12(18)14-5-3-7-17-10-13-9-15-17/h9-11H,2-8H2,1H3,(H,14,18)/t11-/m1/s1. The first-order valence-corrected chi connectivity index (χ1v) is 6.61. The summed E-state index contributed by atoms with van der Waals surface area (Å²) >= 11 is 0. The number of amides is 2. The van der Waals surface area contributed by atoms with Crippen LogP contribution in [0.3, 0.4) is 0 Å². The molecule has 1 aromatic rings. The first-order valence-electron chi connectivity index (χ1n) is 6.61. The van der Waals surface area contributed by atoms with Crippen LogP contribution in [0.5, 0.6) is 0 Å². The molecule has 0 radical (unpaired) electrons. The number of aryl methyl sites for hydroxylation is 1. The Morgan fingerprint density at radius 1 is 1.56 bits per heavy atom. The minimum Gasteiger partial charge on any atom is -0.338 e. The van der Waals surface area contributed by atoms with Gasteiger partial charge < -0.3 is 10.2 Å². The highest BCUT2D eigenvalue weighted by Crippen LogP contribution is 2.15. The van der Waals surface area contributed by atoms with Crippen molar-refractivity contribution in [2.24, 2.45) is 5.92 Å². The molecule has 0 unspecified atom stereocenters. The van der Waals surface area contributed by atoms with Crippen molar-refractivity contribution < 1.29 is 4.79 Å². The number of carbonyl (C=O) groups is 1. The third-order valence-corrected chi connectivity index (χ3v) is 3.25. The minimum absolute atomic E-state index is 0.0696. The van der Waals surface area contributed by atoms with E-state index in [0.717, 1.165) is 32.5 Å². The molecule has 6 heteroatoms. The summed E-state index contributed by atoms with van der Waals surface area (Å²) in [6.07, 6.45) is 6.43. The van der Waals surface area contributed by atoms with Gasteiger partial charge in [-0.25, -0.2) is 9.78 Å². The summed E-state index contributed by atoms with van der Waals surface area (Å²) in [5, 5.41) is 6.98. The molecule has 2 rings (SSSR count). The third-order valence-electron chi connectivity index (χ3n) is 3.25. The van der Waals surface area contributed by atoms with Crippen LogP contribution in [0.1, 0.15) is 26.2 Å². The van der Waals surface area contributed by atoms with E-state index in [4.69, 9.17) is 0 Å². The van der Waals surface area contributed by atoms with Gasteiger partial charge in [-0.05, 0) is 25.2 Å². The van der Waals surface area contributed by atoms with Crippen molar-refractivity contribution in [1.82, 2.24) is 25.0 Å². The van der Waals surface area contributed by atoms with Crippen LogP contribution in [0.15, 0.2) is 12.7 Å². The van der Waals surface area contributed by atoms with Crippen molar-refractivity contribution in [1.29, 1.82) is 0 Å². The molecule has 0 aromatic carbocycles. The Balaban J connectivity index is 1.62. The van der Waals surface area contributed by atoms with Crippen LogP contribution in [0.25, 0.3) is 0 Å². The quantitative estimate of drug-likeness (QED) is 0.815. The summed E-state index contributed by atoms with van der Waals surface area (Å²) in [5.74, 6) is 0.625. The predicted molar refractivity (Wildman–Crippen MR) is 68.0 cm³/mol. The number of aromatic nitrogens is 3. The van der Waals surface area contributed by atoms with Gasteiger partial charge in [0.15, 0.2) is 0 Å². The van der Waals surface area contributed by atoms with Gasteiger partial charge in [-0.1, -0.05) is 6.92 Å².